The van der Waals surface area contributed by atoms with E-state index in [9.17, 15) is 9.59 Å². The van der Waals surface area contributed by atoms with Crippen LogP contribution in [0.2, 0.25) is 0 Å². The Morgan fingerprint density at radius 1 is 1.33 bits per heavy atom. The number of benzene rings is 1. The molecule has 1 aromatic rings. The molecule has 1 N–H and O–H groups in total. The van der Waals surface area contributed by atoms with Crippen molar-refractivity contribution in [2.24, 2.45) is 5.10 Å². The summed E-state index contributed by atoms with van der Waals surface area (Å²) in [5, 5.41) is 8.01. The van der Waals surface area contributed by atoms with Crippen molar-refractivity contribution in [1.29, 1.82) is 0 Å². The summed E-state index contributed by atoms with van der Waals surface area (Å²) in [5.41, 5.74) is 1.40. The third-order valence-corrected chi connectivity index (χ3v) is 2.77. The SMILES string of the molecule is CNC(=O)C1=NN(Cc2ccccc2)C(=O)CC1. The highest BCUT2D eigenvalue weighted by Gasteiger charge is 2.23. The lowest BCUT2D eigenvalue weighted by Gasteiger charge is -2.22. The second kappa shape index (κ2) is 5.44. The Labute approximate surface area is 105 Å². The first-order valence-corrected chi connectivity index (χ1v) is 5.84. The van der Waals surface area contributed by atoms with Gasteiger partial charge in [0.2, 0.25) is 5.91 Å². The van der Waals surface area contributed by atoms with E-state index in [-0.39, 0.29) is 11.8 Å². The molecule has 18 heavy (non-hydrogen) atoms. The van der Waals surface area contributed by atoms with E-state index in [1.165, 1.54) is 5.01 Å². The molecule has 1 aliphatic heterocycles. The summed E-state index contributed by atoms with van der Waals surface area (Å²) in [5.74, 6) is -0.271. The van der Waals surface area contributed by atoms with E-state index in [0.717, 1.165) is 5.56 Å². The van der Waals surface area contributed by atoms with Crippen LogP contribution >= 0.6 is 0 Å². The summed E-state index contributed by atoms with van der Waals surface area (Å²) in [6.45, 7) is 0.403. The van der Waals surface area contributed by atoms with Crippen LogP contribution in [0.15, 0.2) is 35.4 Å². The molecular formula is C13H15N3O2. The lowest BCUT2D eigenvalue weighted by Crippen LogP contribution is -2.37. The van der Waals surface area contributed by atoms with Crippen molar-refractivity contribution in [2.45, 2.75) is 19.4 Å². The van der Waals surface area contributed by atoms with E-state index in [1.54, 1.807) is 7.05 Å². The number of hydrogen-bond acceptors (Lipinski definition) is 3. The zero-order valence-corrected chi connectivity index (χ0v) is 10.2. The van der Waals surface area contributed by atoms with Crippen LogP contribution in [0.3, 0.4) is 0 Å². The average molecular weight is 245 g/mol. The van der Waals surface area contributed by atoms with Gasteiger partial charge in [-0.3, -0.25) is 9.59 Å². The zero-order chi connectivity index (χ0) is 13.0. The molecule has 0 saturated heterocycles. The Morgan fingerprint density at radius 2 is 2.06 bits per heavy atom. The van der Waals surface area contributed by atoms with E-state index >= 15 is 0 Å². The van der Waals surface area contributed by atoms with Crippen LogP contribution in [0.4, 0.5) is 0 Å². The van der Waals surface area contributed by atoms with Crippen LogP contribution in [0.25, 0.3) is 0 Å². The van der Waals surface area contributed by atoms with Crippen molar-refractivity contribution in [2.75, 3.05) is 7.05 Å². The van der Waals surface area contributed by atoms with Crippen molar-refractivity contribution in [3.63, 3.8) is 0 Å². The highest BCUT2D eigenvalue weighted by Crippen LogP contribution is 2.13. The van der Waals surface area contributed by atoms with Crippen molar-refractivity contribution >= 4 is 17.5 Å². The molecule has 0 unspecified atom stereocenters. The van der Waals surface area contributed by atoms with Crippen LogP contribution in [0.1, 0.15) is 18.4 Å². The average Bonchev–Trinajstić information content (AvgIpc) is 2.41. The van der Waals surface area contributed by atoms with Crippen LogP contribution in [0.5, 0.6) is 0 Å². The molecule has 94 valence electrons. The minimum atomic E-state index is -0.222. The Morgan fingerprint density at radius 3 is 2.72 bits per heavy atom. The summed E-state index contributed by atoms with van der Waals surface area (Å²) in [4.78, 5) is 23.2. The maximum atomic E-state index is 11.7. The summed E-state index contributed by atoms with van der Waals surface area (Å²) in [7, 11) is 1.56. The summed E-state index contributed by atoms with van der Waals surface area (Å²) in [6, 6.07) is 9.59. The van der Waals surface area contributed by atoms with Crippen molar-refractivity contribution < 1.29 is 9.59 Å². The first-order valence-electron chi connectivity index (χ1n) is 5.84. The van der Waals surface area contributed by atoms with Crippen LogP contribution in [0, 0.1) is 0 Å². The Balaban J connectivity index is 2.15. The maximum absolute atomic E-state index is 11.7. The molecule has 0 radical (unpaired) electrons. The molecule has 0 spiro atoms. The van der Waals surface area contributed by atoms with Gasteiger partial charge in [0.1, 0.15) is 5.71 Å². The van der Waals surface area contributed by atoms with Gasteiger partial charge in [-0.15, -0.1) is 0 Å². The molecule has 0 aromatic heterocycles. The van der Waals surface area contributed by atoms with Gasteiger partial charge in [-0.05, 0) is 5.56 Å². The molecule has 5 heteroatoms. The number of rotatable bonds is 3. The molecule has 2 rings (SSSR count). The monoisotopic (exact) mass is 245 g/mol. The molecule has 1 aromatic carbocycles. The minimum absolute atomic E-state index is 0.0495. The van der Waals surface area contributed by atoms with Gasteiger partial charge in [-0.25, -0.2) is 5.01 Å². The predicted molar refractivity (Wildman–Crippen MR) is 67.7 cm³/mol. The smallest absolute Gasteiger partial charge is 0.267 e. The van der Waals surface area contributed by atoms with Crippen molar-refractivity contribution in [1.82, 2.24) is 10.3 Å². The van der Waals surface area contributed by atoms with Gasteiger partial charge >= 0.3 is 0 Å². The second-order valence-corrected chi connectivity index (χ2v) is 4.06. The van der Waals surface area contributed by atoms with E-state index < -0.39 is 0 Å². The standard InChI is InChI=1S/C13H15N3O2/c1-14-13(18)11-7-8-12(17)16(15-11)9-10-5-3-2-4-6-10/h2-6H,7-9H2,1H3,(H,14,18). The summed E-state index contributed by atoms with van der Waals surface area (Å²) < 4.78 is 0. The molecule has 0 bridgehead atoms. The van der Waals surface area contributed by atoms with Gasteiger partial charge in [-0.2, -0.15) is 5.10 Å². The highest BCUT2D eigenvalue weighted by molar-refractivity contribution is 6.39. The first kappa shape index (κ1) is 12.3. The molecule has 1 heterocycles. The van der Waals surface area contributed by atoms with Gasteiger partial charge in [-0.1, -0.05) is 30.3 Å². The van der Waals surface area contributed by atoms with E-state index in [0.29, 0.717) is 25.1 Å². The Kier molecular flexibility index (Phi) is 3.72. The van der Waals surface area contributed by atoms with Gasteiger partial charge in [0.15, 0.2) is 0 Å². The topological polar surface area (TPSA) is 61.8 Å². The summed E-state index contributed by atoms with van der Waals surface area (Å²) in [6.07, 6.45) is 0.739. The van der Waals surface area contributed by atoms with Crippen LogP contribution < -0.4 is 5.32 Å². The number of carbonyl (C=O) groups excluding carboxylic acids is 2. The molecule has 5 nitrogen and oxygen atoms in total. The fraction of sp³-hybridized carbons (Fsp3) is 0.308. The molecule has 0 fully saturated rings. The number of nitrogens with one attached hydrogen (secondary N) is 1. The van der Waals surface area contributed by atoms with E-state index in [4.69, 9.17) is 0 Å². The molecule has 0 saturated carbocycles. The predicted octanol–water partition coefficient (Wildman–Crippen LogP) is 0.911. The van der Waals surface area contributed by atoms with E-state index in [2.05, 4.69) is 10.4 Å². The molecular weight excluding hydrogens is 230 g/mol. The van der Waals surface area contributed by atoms with Gasteiger partial charge < -0.3 is 5.32 Å². The van der Waals surface area contributed by atoms with Crippen LogP contribution in [-0.4, -0.2) is 29.6 Å². The summed E-state index contributed by atoms with van der Waals surface area (Å²) >= 11 is 0. The fourth-order valence-electron chi connectivity index (χ4n) is 1.79. The van der Waals surface area contributed by atoms with Gasteiger partial charge in [0.05, 0.1) is 6.54 Å². The normalized spacial score (nSPS) is 15.3. The number of amides is 2. The Hall–Kier alpha value is -2.17. The third kappa shape index (κ3) is 2.74. The molecule has 2 amide bonds. The first-order chi connectivity index (χ1) is 8.70. The van der Waals surface area contributed by atoms with Gasteiger partial charge in [0.25, 0.3) is 5.91 Å². The zero-order valence-electron chi connectivity index (χ0n) is 10.2. The fourth-order valence-corrected chi connectivity index (χ4v) is 1.79. The number of hydrogen-bond donors (Lipinski definition) is 1. The number of carbonyl (C=O) groups is 2. The highest BCUT2D eigenvalue weighted by atomic mass is 16.2. The van der Waals surface area contributed by atoms with Crippen molar-refractivity contribution in [3.8, 4) is 0 Å². The van der Waals surface area contributed by atoms with E-state index in [1.807, 2.05) is 30.3 Å². The lowest BCUT2D eigenvalue weighted by molar-refractivity contribution is -0.132. The number of hydrazone groups is 1. The Bertz CT molecular complexity index is 482. The van der Waals surface area contributed by atoms with Crippen molar-refractivity contribution in [3.05, 3.63) is 35.9 Å². The quantitative estimate of drug-likeness (QED) is 0.860. The minimum Gasteiger partial charge on any atom is -0.354 e. The molecule has 1 aliphatic rings. The third-order valence-electron chi connectivity index (χ3n) is 2.77. The number of nitrogens with zero attached hydrogens (tertiary/aromatic N) is 2. The maximum Gasteiger partial charge on any atom is 0.267 e. The molecule has 0 atom stereocenters. The molecule has 0 aliphatic carbocycles. The van der Waals surface area contributed by atoms with Crippen LogP contribution in [-0.2, 0) is 16.1 Å². The lowest BCUT2D eigenvalue weighted by atomic mass is 10.1. The second-order valence-electron chi connectivity index (χ2n) is 4.06. The largest absolute Gasteiger partial charge is 0.354 e. The van der Waals surface area contributed by atoms with Gasteiger partial charge in [0, 0.05) is 19.9 Å².